The van der Waals surface area contributed by atoms with E-state index in [-0.39, 0.29) is 11.4 Å². The molecule has 2 aromatic carbocycles. The van der Waals surface area contributed by atoms with Crippen LogP contribution in [0.4, 0.5) is 33.3 Å². The zero-order chi connectivity index (χ0) is 19.5. The molecule has 2 amide bonds. The second kappa shape index (κ2) is 7.51. The van der Waals surface area contributed by atoms with E-state index < -0.39 is 41.7 Å². The van der Waals surface area contributed by atoms with Crippen LogP contribution < -0.4 is 10.2 Å². The Morgan fingerprint density at radius 1 is 1.08 bits per heavy atom. The van der Waals surface area contributed by atoms with Gasteiger partial charge < -0.3 is 10.2 Å². The van der Waals surface area contributed by atoms with Crippen molar-refractivity contribution < 1.29 is 31.5 Å². The molecule has 0 radical (unpaired) electrons. The van der Waals surface area contributed by atoms with E-state index in [2.05, 4.69) is 5.32 Å². The van der Waals surface area contributed by atoms with E-state index in [1.165, 1.54) is 6.07 Å². The molecule has 2 aromatic rings. The van der Waals surface area contributed by atoms with Crippen molar-refractivity contribution in [2.45, 2.75) is 13.1 Å². The van der Waals surface area contributed by atoms with Gasteiger partial charge in [-0.2, -0.15) is 13.2 Å². The van der Waals surface area contributed by atoms with E-state index in [4.69, 9.17) is 0 Å². The number of nitrogens with zero attached hydrogens (tertiary/aromatic N) is 1. The summed E-state index contributed by atoms with van der Waals surface area (Å²) in [7, 11) is 0. The van der Waals surface area contributed by atoms with Crippen molar-refractivity contribution in [1.29, 1.82) is 0 Å². The summed E-state index contributed by atoms with van der Waals surface area (Å²) in [5.74, 6) is -3.45. The van der Waals surface area contributed by atoms with Gasteiger partial charge in [-0.3, -0.25) is 9.59 Å². The summed E-state index contributed by atoms with van der Waals surface area (Å²) >= 11 is 0. The fourth-order valence-corrected chi connectivity index (χ4v) is 2.18. The van der Waals surface area contributed by atoms with Crippen LogP contribution in [0.3, 0.4) is 0 Å². The number of benzene rings is 2. The minimum Gasteiger partial charge on any atom is -0.325 e. The third-order valence-electron chi connectivity index (χ3n) is 3.36. The predicted molar refractivity (Wildman–Crippen MR) is 84.5 cm³/mol. The number of halogens is 5. The standard InChI is InChI=1S/C17H13F5N2O2/c1-10(25)24(15-6-5-12(18)8-14(15)19)9-16(26)23-13-4-2-3-11(7-13)17(20,21)22/h2-8H,9H2,1H3,(H,23,26). The van der Waals surface area contributed by atoms with E-state index in [1.54, 1.807) is 0 Å². The molecular formula is C17H13F5N2O2. The first kappa shape index (κ1) is 19.4. The molecule has 0 fully saturated rings. The molecule has 0 aliphatic rings. The molecule has 0 aliphatic carbocycles. The fraction of sp³-hybridized carbons (Fsp3) is 0.176. The van der Waals surface area contributed by atoms with Gasteiger partial charge in [0, 0.05) is 18.7 Å². The SMILES string of the molecule is CC(=O)N(CC(=O)Nc1cccc(C(F)(F)F)c1)c1ccc(F)cc1F. The molecule has 0 aromatic heterocycles. The van der Waals surface area contributed by atoms with E-state index in [1.807, 2.05) is 0 Å². The summed E-state index contributed by atoms with van der Waals surface area (Å²) in [5.41, 5.74) is -1.41. The number of anilines is 2. The van der Waals surface area contributed by atoms with Crippen LogP contribution in [0, 0.1) is 11.6 Å². The van der Waals surface area contributed by atoms with Gasteiger partial charge in [0.25, 0.3) is 0 Å². The van der Waals surface area contributed by atoms with Crippen LogP contribution in [0.25, 0.3) is 0 Å². The fourth-order valence-electron chi connectivity index (χ4n) is 2.18. The molecule has 138 valence electrons. The van der Waals surface area contributed by atoms with E-state index >= 15 is 0 Å². The van der Waals surface area contributed by atoms with E-state index in [0.29, 0.717) is 6.07 Å². The molecule has 26 heavy (non-hydrogen) atoms. The molecule has 0 aliphatic heterocycles. The van der Waals surface area contributed by atoms with Crippen LogP contribution in [0.5, 0.6) is 0 Å². The first-order chi connectivity index (χ1) is 12.1. The third-order valence-corrected chi connectivity index (χ3v) is 3.36. The quantitative estimate of drug-likeness (QED) is 0.826. The number of hydrogen-bond donors (Lipinski definition) is 1. The maximum Gasteiger partial charge on any atom is 0.416 e. The highest BCUT2D eigenvalue weighted by atomic mass is 19.4. The first-order valence-electron chi connectivity index (χ1n) is 7.28. The maximum atomic E-state index is 13.8. The molecule has 0 spiro atoms. The Morgan fingerprint density at radius 3 is 2.35 bits per heavy atom. The Morgan fingerprint density at radius 2 is 1.77 bits per heavy atom. The highest BCUT2D eigenvalue weighted by molar-refractivity contribution is 6.01. The Kier molecular flexibility index (Phi) is 5.59. The largest absolute Gasteiger partial charge is 0.416 e. The molecule has 1 N–H and O–H groups in total. The molecule has 9 heteroatoms. The van der Waals surface area contributed by atoms with Crippen molar-refractivity contribution in [1.82, 2.24) is 0 Å². The van der Waals surface area contributed by atoms with E-state index in [9.17, 15) is 31.5 Å². The molecular weight excluding hydrogens is 359 g/mol. The lowest BCUT2D eigenvalue weighted by Gasteiger charge is -2.21. The summed E-state index contributed by atoms with van der Waals surface area (Å²) in [4.78, 5) is 24.5. The van der Waals surface area contributed by atoms with Gasteiger partial charge in [0.1, 0.15) is 18.2 Å². The van der Waals surface area contributed by atoms with Crippen LogP contribution in [-0.2, 0) is 15.8 Å². The Hall–Kier alpha value is -2.97. The predicted octanol–water partition coefficient (Wildman–Crippen LogP) is 3.98. The van der Waals surface area contributed by atoms with Crippen molar-refractivity contribution in [3.8, 4) is 0 Å². The number of nitrogens with one attached hydrogen (secondary N) is 1. The summed E-state index contributed by atoms with van der Waals surface area (Å²) < 4.78 is 64.9. The zero-order valence-electron chi connectivity index (χ0n) is 13.4. The van der Waals surface area contributed by atoms with Crippen LogP contribution >= 0.6 is 0 Å². The smallest absolute Gasteiger partial charge is 0.325 e. The molecule has 0 atom stereocenters. The topological polar surface area (TPSA) is 49.4 Å². The first-order valence-corrected chi connectivity index (χ1v) is 7.28. The molecule has 0 saturated carbocycles. The highest BCUT2D eigenvalue weighted by Gasteiger charge is 2.30. The number of carbonyl (C=O) groups is 2. The summed E-state index contributed by atoms with van der Waals surface area (Å²) in [6.45, 7) is 0.411. The molecule has 4 nitrogen and oxygen atoms in total. The van der Waals surface area contributed by atoms with Gasteiger partial charge in [0.15, 0.2) is 0 Å². The Balaban J connectivity index is 2.17. The number of hydrogen-bond acceptors (Lipinski definition) is 2. The van der Waals surface area contributed by atoms with Gasteiger partial charge >= 0.3 is 6.18 Å². The second-order valence-electron chi connectivity index (χ2n) is 5.33. The van der Waals surface area contributed by atoms with Crippen LogP contribution in [0.1, 0.15) is 12.5 Å². The molecule has 0 heterocycles. The van der Waals surface area contributed by atoms with Gasteiger partial charge in [0.05, 0.1) is 11.3 Å². The lowest BCUT2D eigenvalue weighted by Crippen LogP contribution is -2.37. The second-order valence-corrected chi connectivity index (χ2v) is 5.33. The molecule has 0 saturated heterocycles. The Bertz CT molecular complexity index is 836. The normalized spacial score (nSPS) is 11.2. The van der Waals surface area contributed by atoms with Gasteiger partial charge in [-0.05, 0) is 30.3 Å². The maximum absolute atomic E-state index is 13.8. The molecule has 2 rings (SSSR count). The van der Waals surface area contributed by atoms with Crippen molar-refractivity contribution in [3.05, 3.63) is 59.7 Å². The van der Waals surface area contributed by atoms with Crippen LogP contribution in [0.15, 0.2) is 42.5 Å². The monoisotopic (exact) mass is 372 g/mol. The zero-order valence-corrected chi connectivity index (χ0v) is 13.4. The highest BCUT2D eigenvalue weighted by Crippen LogP contribution is 2.30. The lowest BCUT2D eigenvalue weighted by molar-refractivity contribution is -0.137. The number of rotatable bonds is 4. The summed E-state index contributed by atoms with van der Waals surface area (Å²) in [5, 5.41) is 2.21. The number of alkyl halides is 3. The number of carbonyl (C=O) groups excluding carboxylic acids is 2. The van der Waals surface area contributed by atoms with Crippen molar-refractivity contribution in [2.24, 2.45) is 0 Å². The summed E-state index contributed by atoms with van der Waals surface area (Å²) in [6, 6.07) is 6.38. The van der Waals surface area contributed by atoms with Crippen molar-refractivity contribution in [3.63, 3.8) is 0 Å². The van der Waals surface area contributed by atoms with Gasteiger partial charge in [-0.15, -0.1) is 0 Å². The average Bonchev–Trinajstić information content (AvgIpc) is 2.52. The minimum absolute atomic E-state index is 0.132. The lowest BCUT2D eigenvalue weighted by atomic mass is 10.2. The van der Waals surface area contributed by atoms with Crippen LogP contribution in [-0.4, -0.2) is 18.4 Å². The number of amides is 2. The molecule has 0 bridgehead atoms. The minimum atomic E-state index is -4.58. The molecule has 0 unspecified atom stereocenters. The van der Waals surface area contributed by atoms with Crippen molar-refractivity contribution in [2.75, 3.05) is 16.8 Å². The summed E-state index contributed by atoms with van der Waals surface area (Å²) in [6.07, 6.45) is -4.58. The van der Waals surface area contributed by atoms with E-state index in [0.717, 1.165) is 42.2 Å². The van der Waals surface area contributed by atoms with Gasteiger partial charge in [-0.1, -0.05) is 6.07 Å². The Labute approximate surface area is 145 Å². The average molecular weight is 372 g/mol. The van der Waals surface area contributed by atoms with Crippen molar-refractivity contribution >= 4 is 23.2 Å². The van der Waals surface area contributed by atoms with Gasteiger partial charge in [-0.25, -0.2) is 8.78 Å². The van der Waals surface area contributed by atoms with Gasteiger partial charge in [0.2, 0.25) is 11.8 Å². The third kappa shape index (κ3) is 4.78. The van der Waals surface area contributed by atoms with Crippen LogP contribution in [0.2, 0.25) is 0 Å².